The first-order chi connectivity index (χ1) is 12.7. The molecule has 1 amide bonds. The van der Waals surface area contributed by atoms with Crippen LogP contribution in [0.15, 0.2) is 64.6 Å². The molecular weight excluding hydrogens is 410 g/mol. The third kappa shape index (κ3) is 3.71. The Hall–Kier alpha value is -2.44. The van der Waals surface area contributed by atoms with Crippen molar-refractivity contribution < 1.29 is 4.79 Å². The highest BCUT2D eigenvalue weighted by molar-refractivity contribution is 9.10. The van der Waals surface area contributed by atoms with Crippen molar-refractivity contribution in [3.63, 3.8) is 0 Å². The van der Waals surface area contributed by atoms with E-state index in [1.165, 1.54) is 16.7 Å². The molecule has 0 radical (unpaired) electrons. The Labute approximate surface area is 163 Å². The number of rotatable bonds is 5. The first-order valence-corrected chi connectivity index (χ1v) is 9.92. The number of aromatic amines is 1. The summed E-state index contributed by atoms with van der Waals surface area (Å²) in [7, 11) is 0. The largest absolute Gasteiger partial charge is 0.361 e. The number of hydrogen-bond donors (Lipinski definition) is 2. The molecule has 4 rings (SSSR count). The molecule has 0 saturated carbocycles. The summed E-state index contributed by atoms with van der Waals surface area (Å²) in [5.74, 6) is -0.0213. The molecule has 0 aliphatic carbocycles. The van der Waals surface area contributed by atoms with E-state index < -0.39 is 0 Å². The number of benzene rings is 2. The lowest BCUT2D eigenvalue weighted by Crippen LogP contribution is -2.12. The Balaban J connectivity index is 1.38. The van der Waals surface area contributed by atoms with Crippen LogP contribution in [-0.4, -0.2) is 15.9 Å². The van der Waals surface area contributed by atoms with Crippen LogP contribution in [0.25, 0.3) is 22.2 Å². The number of H-pyrrole nitrogens is 1. The number of thiazole rings is 1. The van der Waals surface area contributed by atoms with Crippen LogP contribution in [0.4, 0.5) is 5.13 Å². The van der Waals surface area contributed by atoms with Gasteiger partial charge in [-0.1, -0.05) is 46.3 Å². The molecule has 0 aliphatic rings. The van der Waals surface area contributed by atoms with Crippen molar-refractivity contribution in [2.75, 3.05) is 5.32 Å². The Bertz CT molecular complexity index is 1050. The molecule has 26 heavy (non-hydrogen) atoms. The van der Waals surface area contributed by atoms with Gasteiger partial charge in [-0.05, 0) is 30.2 Å². The van der Waals surface area contributed by atoms with E-state index in [0.29, 0.717) is 18.0 Å². The average molecular weight is 426 g/mol. The first kappa shape index (κ1) is 17.0. The summed E-state index contributed by atoms with van der Waals surface area (Å²) in [5.41, 5.74) is 4.16. The van der Waals surface area contributed by atoms with Gasteiger partial charge in [-0.15, -0.1) is 11.3 Å². The second kappa shape index (κ2) is 7.43. The van der Waals surface area contributed by atoms with Gasteiger partial charge in [-0.3, -0.25) is 4.79 Å². The number of halogens is 1. The smallest absolute Gasteiger partial charge is 0.226 e. The summed E-state index contributed by atoms with van der Waals surface area (Å²) in [6.45, 7) is 0. The van der Waals surface area contributed by atoms with Gasteiger partial charge in [0.05, 0.1) is 5.69 Å². The monoisotopic (exact) mass is 425 g/mol. The van der Waals surface area contributed by atoms with E-state index in [9.17, 15) is 4.79 Å². The molecule has 0 spiro atoms. The lowest BCUT2D eigenvalue weighted by Gasteiger charge is -2.02. The van der Waals surface area contributed by atoms with Gasteiger partial charge >= 0.3 is 0 Å². The minimum Gasteiger partial charge on any atom is -0.361 e. The summed E-state index contributed by atoms with van der Waals surface area (Å²) in [6, 6.07) is 16.1. The van der Waals surface area contributed by atoms with Crippen LogP contribution >= 0.6 is 27.3 Å². The molecule has 0 bridgehead atoms. The van der Waals surface area contributed by atoms with Crippen molar-refractivity contribution in [3.05, 3.63) is 70.1 Å². The van der Waals surface area contributed by atoms with E-state index in [4.69, 9.17) is 0 Å². The second-order valence-corrected chi connectivity index (χ2v) is 7.73. The second-order valence-electron chi connectivity index (χ2n) is 5.95. The van der Waals surface area contributed by atoms with Crippen LogP contribution in [0.3, 0.4) is 0 Å². The number of nitrogens with one attached hydrogen (secondary N) is 2. The fraction of sp³-hybridized carbons (Fsp3) is 0.100. The lowest BCUT2D eigenvalue weighted by molar-refractivity contribution is -0.116. The molecule has 0 unspecified atom stereocenters. The number of aromatic nitrogens is 2. The zero-order valence-electron chi connectivity index (χ0n) is 13.8. The summed E-state index contributed by atoms with van der Waals surface area (Å²) >= 11 is 4.87. The average Bonchev–Trinajstić information content (AvgIpc) is 3.28. The number of carbonyl (C=O) groups is 1. The van der Waals surface area contributed by atoms with E-state index in [-0.39, 0.29) is 5.91 Å². The third-order valence-electron chi connectivity index (χ3n) is 4.19. The first-order valence-electron chi connectivity index (χ1n) is 8.25. The predicted molar refractivity (Wildman–Crippen MR) is 110 cm³/mol. The minimum absolute atomic E-state index is 0.0213. The summed E-state index contributed by atoms with van der Waals surface area (Å²) in [6.07, 6.45) is 3.10. The van der Waals surface area contributed by atoms with E-state index >= 15 is 0 Å². The summed E-state index contributed by atoms with van der Waals surface area (Å²) in [5, 5.41) is 6.66. The van der Waals surface area contributed by atoms with E-state index in [0.717, 1.165) is 26.8 Å². The quantitative estimate of drug-likeness (QED) is 0.435. The summed E-state index contributed by atoms with van der Waals surface area (Å²) in [4.78, 5) is 20.0. The lowest BCUT2D eigenvalue weighted by atomic mass is 10.1. The van der Waals surface area contributed by atoms with Gasteiger partial charge in [-0.2, -0.15) is 0 Å². The van der Waals surface area contributed by atoms with Crippen LogP contribution in [0.2, 0.25) is 0 Å². The number of amides is 1. The van der Waals surface area contributed by atoms with E-state index in [2.05, 4.69) is 37.3 Å². The van der Waals surface area contributed by atoms with Crippen molar-refractivity contribution in [1.82, 2.24) is 9.97 Å². The Morgan fingerprint density at radius 1 is 1.15 bits per heavy atom. The SMILES string of the molecule is O=C(CCc1c[nH]c2ccccc12)Nc1nc(-c2ccc(Br)cc2)cs1. The molecule has 4 aromatic rings. The zero-order chi connectivity index (χ0) is 17.9. The number of hydrogen-bond acceptors (Lipinski definition) is 3. The van der Waals surface area contributed by atoms with Crippen molar-refractivity contribution in [2.45, 2.75) is 12.8 Å². The molecule has 0 aliphatic heterocycles. The van der Waals surface area contributed by atoms with Crippen molar-refractivity contribution in [1.29, 1.82) is 0 Å². The van der Waals surface area contributed by atoms with Gasteiger partial charge in [0.15, 0.2) is 5.13 Å². The molecule has 130 valence electrons. The minimum atomic E-state index is -0.0213. The molecule has 0 fully saturated rings. The van der Waals surface area contributed by atoms with Crippen molar-refractivity contribution in [3.8, 4) is 11.3 Å². The maximum Gasteiger partial charge on any atom is 0.226 e. The van der Waals surface area contributed by atoms with Gasteiger partial charge in [0.25, 0.3) is 0 Å². The van der Waals surface area contributed by atoms with Crippen molar-refractivity contribution in [2.24, 2.45) is 0 Å². The van der Waals surface area contributed by atoms with E-state index in [1.807, 2.05) is 54.0 Å². The Morgan fingerprint density at radius 2 is 1.96 bits per heavy atom. The van der Waals surface area contributed by atoms with Crippen molar-refractivity contribution >= 4 is 49.2 Å². The zero-order valence-corrected chi connectivity index (χ0v) is 16.2. The maximum atomic E-state index is 12.3. The number of aryl methyl sites for hydroxylation is 1. The fourth-order valence-electron chi connectivity index (χ4n) is 2.85. The van der Waals surface area contributed by atoms with Crippen LogP contribution in [0.1, 0.15) is 12.0 Å². The highest BCUT2D eigenvalue weighted by Crippen LogP contribution is 2.26. The van der Waals surface area contributed by atoms with Crippen LogP contribution in [0, 0.1) is 0 Å². The molecule has 2 aromatic heterocycles. The highest BCUT2D eigenvalue weighted by atomic mass is 79.9. The Morgan fingerprint density at radius 3 is 2.81 bits per heavy atom. The summed E-state index contributed by atoms with van der Waals surface area (Å²) < 4.78 is 1.03. The molecular formula is C20H16BrN3OS. The predicted octanol–water partition coefficient (Wildman–Crippen LogP) is 5.63. The third-order valence-corrected chi connectivity index (χ3v) is 5.47. The highest BCUT2D eigenvalue weighted by Gasteiger charge is 2.10. The molecule has 0 saturated heterocycles. The number of carbonyl (C=O) groups excluding carboxylic acids is 1. The fourth-order valence-corrected chi connectivity index (χ4v) is 3.85. The van der Waals surface area contributed by atoms with Gasteiger partial charge in [0.2, 0.25) is 5.91 Å². The van der Waals surface area contributed by atoms with Gasteiger partial charge in [-0.25, -0.2) is 4.98 Å². The number of fused-ring (bicyclic) bond motifs is 1. The van der Waals surface area contributed by atoms with Gasteiger partial charge in [0.1, 0.15) is 0 Å². The van der Waals surface area contributed by atoms with Gasteiger partial charge in [0, 0.05) is 38.9 Å². The maximum absolute atomic E-state index is 12.3. The molecule has 4 nitrogen and oxygen atoms in total. The normalized spacial score (nSPS) is 11.0. The van der Waals surface area contributed by atoms with Crippen LogP contribution in [-0.2, 0) is 11.2 Å². The van der Waals surface area contributed by atoms with E-state index in [1.54, 1.807) is 0 Å². The number of nitrogens with zero attached hydrogens (tertiary/aromatic N) is 1. The molecule has 2 aromatic carbocycles. The standard InChI is InChI=1S/C20H16BrN3OS/c21-15-8-5-13(6-9-15)18-12-26-20(23-18)24-19(25)10-7-14-11-22-17-4-2-1-3-16(14)17/h1-6,8-9,11-12,22H,7,10H2,(H,23,24,25). The van der Waals surface area contributed by atoms with Crippen LogP contribution < -0.4 is 5.32 Å². The molecule has 0 atom stereocenters. The number of para-hydroxylation sites is 1. The number of anilines is 1. The molecule has 2 N–H and O–H groups in total. The van der Waals surface area contributed by atoms with Crippen LogP contribution in [0.5, 0.6) is 0 Å². The van der Waals surface area contributed by atoms with Gasteiger partial charge < -0.3 is 10.3 Å². The molecule has 6 heteroatoms. The molecule has 2 heterocycles. The topological polar surface area (TPSA) is 57.8 Å². The Kier molecular flexibility index (Phi) is 4.86.